The highest BCUT2D eigenvalue weighted by molar-refractivity contribution is 5.80. The third-order valence-corrected chi connectivity index (χ3v) is 7.12. The molecule has 8 heteroatoms. The summed E-state index contributed by atoms with van der Waals surface area (Å²) in [6.45, 7) is 11.1. The second-order valence-electron chi connectivity index (χ2n) is 11.8. The monoisotopic (exact) mass is 593 g/mol. The van der Waals surface area contributed by atoms with Crippen LogP contribution < -0.4 is 15.4 Å². The molecule has 0 unspecified atom stereocenters. The van der Waals surface area contributed by atoms with Gasteiger partial charge < -0.3 is 14.4 Å². The highest BCUT2D eigenvalue weighted by Gasteiger charge is 2.18. The van der Waals surface area contributed by atoms with Crippen molar-refractivity contribution in [3.63, 3.8) is 0 Å². The molecule has 0 aliphatic rings. The molecule has 0 fully saturated rings. The molecule has 3 aromatic carbocycles. The average Bonchev–Trinajstić information content (AvgIpc) is 3.44. The van der Waals surface area contributed by atoms with Crippen molar-refractivity contribution < 1.29 is 14.4 Å². The lowest BCUT2D eigenvalue weighted by atomic mass is 9.96. The Balaban J connectivity index is 0.00000442. The summed E-state index contributed by atoms with van der Waals surface area (Å²) in [6, 6.07) is 23.3. The molecule has 0 amide bonds. The zero-order chi connectivity index (χ0) is 30.6. The molecule has 2 aromatic heterocycles. The fraction of sp³-hybridized carbons (Fsp3) is 0.333. The van der Waals surface area contributed by atoms with Crippen molar-refractivity contribution in [2.24, 2.45) is 5.41 Å². The van der Waals surface area contributed by atoms with Crippen molar-refractivity contribution in [2.45, 2.75) is 67.7 Å². The summed E-state index contributed by atoms with van der Waals surface area (Å²) in [5, 5.41) is 15.3. The molecule has 5 rings (SSSR count). The average molecular weight is 594 g/mol. The van der Waals surface area contributed by atoms with E-state index in [9.17, 15) is 9.90 Å². The van der Waals surface area contributed by atoms with Gasteiger partial charge in [0.05, 0.1) is 18.0 Å². The van der Waals surface area contributed by atoms with Crippen molar-refractivity contribution in [1.29, 1.82) is 0 Å². The lowest BCUT2D eigenvalue weighted by molar-refractivity contribution is -0.303. The second-order valence-corrected chi connectivity index (χ2v) is 11.8. The molecule has 0 N–H and O–H groups in total. The first-order valence-electron chi connectivity index (χ1n) is 14.7. The van der Waals surface area contributed by atoms with Crippen LogP contribution in [0.2, 0.25) is 0 Å². The highest BCUT2D eigenvalue weighted by atomic mass is 16.6. The number of hydrogen-bond donors (Lipinski definition) is 0. The number of rotatable bonds is 10. The third kappa shape index (κ3) is 7.25. The molecule has 44 heavy (non-hydrogen) atoms. The van der Waals surface area contributed by atoms with Gasteiger partial charge >= 0.3 is 0 Å². The molecule has 0 bridgehead atoms. The van der Waals surface area contributed by atoms with Crippen LogP contribution in [0.15, 0.2) is 82.1 Å². The summed E-state index contributed by atoms with van der Waals surface area (Å²) in [5.74, 6) is 1.77. The first kappa shape index (κ1) is 32.2. The predicted molar refractivity (Wildman–Crippen MR) is 172 cm³/mol. The molecule has 5 aromatic rings. The Morgan fingerprint density at radius 1 is 0.909 bits per heavy atom. The van der Waals surface area contributed by atoms with E-state index in [0.717, 1.165) is 52.5 Å². The van der Waals surface area contributed by atoms with Crippen molar-refractivity contribution >= 4 is 0 Å². The number of ether oxygens (including phenoxy) is 1. The van der Waals surface area contributed by atoms with E-state index in [1.165, 1.54) is 0 Å². The van der Waals surface area contributed by atoms with Gasteiger partial charge in [-0.2, -0.15) is 5.16 Å². The zero-order valence-corrected chi connectivity index (χ0v) is 25.4. The number of aromatic nitrogens is 4. The minimum atomic E-state index is -0.721. The third-order valence-electron chi connectivity index (χ3n) is 7.12. The number of nitrogens with zero attached hydrogens (tertiary/aromatic N) is 4. The largest absolute Gasteiger partial charge is 0.528 e. The van der Waals surface area contributed by atoms with Crippen LogP contribution in [0.4, 0.5) is 0 Å². The Hall–Kier alpha value is -4.72. The van der Waals surface area contributed by atoms with E-state index in [4.69, 9.17) is 9.72 Å². The molecule has 0 spiro atoms. The van der Waals surface area contributed by atoms with Crippen molar-refractivity contribution in [3.05, 3.63) is 106 Å². The first-order valence-corrected chi connectivity index (χ1v) is 14.7. The van der Waals surface area contributed by atoms with Gasteiger partial charge in [0.25, 0.3) is 5.56 Å². The van der Waals surface area contributed by atoms with Crippen molar-refractivity contribution in [3.8, 4) is 40.0 Å². The van der Waals surface area contributed by atoms with E-state index in [1.54, 1.807) is 4.57 Å². The summed E-state index contributed by atoms with van der Waals surface area (Å²) < 4.78 is 12.4. The maximum atomic E-state index is 14.1. The van der Waals surface area contributed by atoms with Crippen LogP contribution in [-0.2, 0) is 19.3 Å². The zero-order valence-electron chi connectivity index (χ0n) is 25.4. The normalized spacial score (nSPS) is 11.3. The number of hydrogen-bond acceptors (Lipinski definition) is 7. The van der Waals surface area contributed by atoms with Crippen LogP contribution in [0.1, 0.15) is 71.1 Å². The van der Waals surface area contributed by atoms with E-state index in [-0.39, 0.29) is 24.2 Å². The van der Waals surface area contributed by atoms with E-state index >= 15 is 0 Å². The predicted octanol–water partition coefficient (Wildman–Crippen LogP) is 7.19. The summed E-state index contributed by atoms with van der Waals surface area (Å²) >= 11 is 0. The maximum absolute atomic E-state index is 14.1. The minimum Gasteiger partial charge on any atom is -0.528 e. The van der Waals surface area contributed by atoms with Crippen LogP contribution in [0, 0.1) is 5.41 Å². The van der Waals surface area contributed by atoms with Crippen LogP contribution >= 0.6 is 0 Å². The van der Waals surface area contributed by atoms with Gasteiger partial charge in [-0.05, 0) is 52.8 Å². The van der Waals surface area contributed by atoms with E-state index in [1.807, 2.05) is 79.7 Å². The standard InChI is InChI=1S/C35H38N4O4.CH4/c1-6-10-30-29(33(40)39(31(7-2)36-30)25-17-19-26(20-18-25)42-22-35(3,4)5)21-23-13-15-24(16-14-23)27-11-8-9-12-28(27)32-37-34(41)43-38-32;/h8-9,11-20H,6-7,10,21-22H2,1-5H3,(H,37,38,41);1H4/p-1. The lowest BCUT2D eigenvalue weighted by Gasteiger charge is -2.19. The molecule has 0 aliphatic heterocycles. The summed E-state index contributed by atoms with van der Waals surface area (Å²) in [4.78, 5) is 23.0. The van der Waals surface area contributed by atoms with Crippen LogP contribution in [0.5, 0.6) is 11.8 Å². The van der Waals surface area contributed by atoms with E-state index in [0.29, 0.717) is 30.6 Å². The van der Waals surface area contributed by atoms with Gasteiger partial charge in [0.15, 0.2) is 11.9 Å². The Morgan fingerprint density at radius 3 is 2.18 bits per heavy atom. The van der Waals surface area contributed by atoms with Gasteiger partial charge in [0, 0.05) is 24.0 Å². The Labute approximate surface area is 259 Å². The van der Waals surface area contributed by atoms with Gasteiger partial charge in [0.2, 0.25) is 0 Å². The molecular weight excluding hydrogens is 552 g/mol. The Bertz CT molecular complexity index is 1750. The van der Waals surface area contributed by atoms with Gasteiger partial charge in [0.1, 0.15) is 11.6 Å². The van der Waals surface area contributed by atoms with E-state index in [2.05, 4.69) is 42.4 Å². The fourth-order valence-electron chi connectivity index (χ4n) is 5.02. The van der Waals surface area contributed by atoms with Crippen LogP contribution in [0.25, 0.3) is 28.2 Å². The Kier molecular flexibility index (Phi) is 10.0. The smallest absolute Gasteiger partial charge is 0.261 e. The van der Waals surface area contributed by atoms with Gasteiger partial charge in [-0.15, -0.1) is 0 Å². The SMILES string of the molecule is C.CCCc1nc(CC)n(-c2ccc(OCC(C)(C)C)cc2)c(=O)c1Cc1ccc(-c2ccccc2-c2noc([O-])n2)cc1. The molecule has 0 atom stereocenters. The molecule has 0 saturated carbocycles. The molecule has 230 valence electrons. The fourth-order valence-corrected chi connectivity index (χ4v) is 5.02. The quantitative estimate of drug-likeness (QED) is 0.169. The van der Waals surface area contributed by atoms with Crippen LogP contribution in [0.3, 0.4) is 0 Å². The number of benzene rings is 3. The number of aryl methyl sites for hydroxylation is 2. The van der Waals surface area contributed by atoms with Crippen molar-refractivity contribution in [2.75, 3.05) is 6.61 Å². The van der Waals surface area contributed by atoms with Gasteiger partial charge in [-0.3, -0.25) is 9.36 Å². The van der Waals surface area contributed by atoms with Crippen molar-refractivity contribution in [1.82, 2.24) is 19.7 Å². The van der Waals surface area contributed by atoms with Crippen LogP contribution in [-0.4, -0.2) is 26.3 Å². The molecule has 2 heterocycles. The second kappa shape index (κ2) is 13.7. The molecule has 8 nitrogen and oxygen atoms in total. The Morgan fingerprint density at radius 2 is 1.59 bits per heavy atom. The highest BCUT2D eigenvalue weighted by Crippen LogP contribution is 2.31. The lowest BCUT2D eigenvalue weighted by Crippen LogP contribution is -2.29. The molecule has 0 radical (unpaired) electrons. The minimum absolute atomic E-state index is 0. The summed E-state index contributed by atoms with van der Waals surface area (Å²) in [5.41, 5.74) is 5.87. The van der Waals surface area contributed by atoms with Gasteiger partial charge in [-0.25, -0.2) is 9.97 Å². The summed E-state index contributed by atoms with van der Waals surface area (Å²) in [7, 11) is 0. The molecular formula is C36H41N4O4-. The molecule has 0 aliphatic carbocycles. The maximum Gasteiger partial charge on any atom is 0.261 e. The first-order chi connectivity index (χ1) is 20.7. The summed E-state index contributed by atoms with van der Waals surface area (Å²) in [6.07, 6.45) is 2.00. The van der Waals surface area contributed by atoms with Gasteiger partial charge in [-0.1, -0.05) is 97.0 Å². The molecule has 0 saturated heterocycles. The van der Waals surface area contributed by atoms with E-state index < -0.39 is 6.08 Å². The topological polar surface area (TPSA) is 106 Å².